The third-order valence-electron chi connectivity index (χ3n) is 3.77. The highest BCUT2D eigenvalue weighted by atomic mass is 35.5. The van der Waals surface area contributed by atoms with Crippen molar-refractivity contribution in [2.24, 2.45) is 0 Å². The van der Waals surface area contributed by atoms with E-state index in [9.17, 15) is 9.59 Å². The Morgan fingerprint density at radius 2 is 1.85 bits per heavy atom. The number of hydrogen-bond donors (Lipinski definition) is 2. The second-order valence-corrected chi connectivity index (χ2v) is 7.48. The number of methoxy groups -OCH3 is 1. The Kier molecular flexibility index (Phi) is 8.28. The van der Waals surface area contributed by atoms with Gasteiger partial charge in [0.05, 0.1) is 17.7 Å². The van der Waals surface area contributed by atoms with Crippen LogP contribution < -0.4 is 15.4 Å². The van der Waals surface area contributed by atoms with Crippen LogP contribution in [0.15, 0.2) is 42.5 Å². The van der Waals surface area contributed by atoms with Gasteiger partial charge < -0.3 is 15.4 Å². The van der Waals surface area contributed by atoms with Gasteiger partial charge in [-0.1, -0.05) is 23.2 Å². The molecule has 0 saturated heterocycles. The van der Waals surface area contributed by atoms with Crippen molar-refractivity contribution in [3.63, 3.8) is 0 Å². The first kappa shape index (κ1) is 21.4. The van der Waals surface area contributed by atoms with Gasteiger partial charge in [0.2, 0.25) is 5.91 Å². The maximum absolute atomic E-state index is 12.7. The molecule has 0 aliphatic carbocycles. The van der Waals surface area contributed by atoms with Gasteiger partial charge in [0.15, 0.2) is 0 Å². The van der Waals surface area contributed by atoms with Crippen molar-refractivity contribution in [1.82, 2.24) is 5.32 Å². The first-order valence-electron chi connectivity index (χ1n) is 8.14. The monoisotopic (exact) mass is 426 g/mol. The zero-order valence-electron chi connectivity index (χ0n) is 14.9. The van der Waals surface area contributed by atoms with E-state index in [2.05, 4.69) is 10.6 Å². The number of carbonyl (C=O) groups is 2. The van der Waals surface area contributed by atoms with Crippen LogP contribution in [0.1, 0.15) is 16.8 Å². The minimum absolute atomic E-state index is 0.235. The summed E-state index contributed by atoms with van der Waals surface area (Å²) in [6.45, 7) is 0. The number of ether oxygens (including phenoxy) is 1. The number of hydrogen-bond acceptors (Lipinski definition) is 4. The van der Waals surface area contributed by atoms with Crippen LogP contribution in [0.4, 0.5) is 5.69 Å². The third kappa shape index (κ3) is 6.34. The van der Waals surface area contributed by atoms with Gasteiger partial charge in [-0.05, 0) is 60.9 Å². The van der Waals surface area contributed by atoms with Crippen molar-refractivity contribution in [2.45, 2.75) is 12.5 Å². The fourth-order valence-corrected chi connectivity index (χ4v) is 3.28. The summed E-state index contributed by atoms with van der Waals surface area (Å²) in [6, 6.07) is 10.9. The number of anilines is 1. The van der Waals surface area contributed by atoms with Gasteiger partial charge in [0, 0.05) is 10.7 Å². The second kappa shape index (κ2) is 10.4. The zero-order chi connectivity index (χ0) is 19.8. The van der Waals surface area contributed by atoms with Gasteiger partial charge in [0.25, 0.3) is 5.91 Å². The molecule has 0 heterocycles. The molecule has 8 heteroatoms. The molecule has 0 spiro atoms. The van der Waals surface area contributed by atoms with Gasteiger partial charge in [-0.25, -0.2) is 0 Å². The van der Waals surface area contributed by atoms with Gasteiger partial charge in [0.1, 0.15) is 11.8 Å². The lowest BCUT2D eigenvalue weighted by Crippen LogP contribution is -2.44. The lowest BCUT2D eigenvalue weighted by molar-refractivity contribution is -0.118. The second-order valence-electron chi connectivity index (χ2n) is 5.65. The van der Waals surface area contributed by atoms with E-state index >= 15 is 0 Å². The van der Waals surface area contributed by atoms with Crippen LogP contribution in [0.3, 0.4) is 0 Å². The van der Waals surface area contributed by atoms with Crippen LogP contribution in [-0.4, -0.2) is 37.0 Å². The standard InChI is InChI=1S/C19H20Cl2N2O3S/c1-26-14-6-4-13(5-7-14)22-19(25)17(9-10-27-2)23-18(24)15-8-3-12(20)11-16(15)21/h3-8,11,17H,9-10H2,1-2H3,(H,22,25)(H,23,24). The summed E-state index contributed by atoms with van der Waals surface area (Å²) in [4.78, 5) is 25.2. The van der Waals surface area contributed by atoms with E-state index in [4.69, 9.17) is 27.9 Å². The molecule has 0 fully saturated rings. The van der Waals surface area contributed by atoms with Gasteiger partial charge >= 0.3 is 0 Å². The summed E-state index contributed by atoms with van der Waals surface area (Å²) in [5.41, 5.74) is 0.890. The number of rotatable bonds is 8. The highest BCUT2D eigenvalue weighted by Crippen LogP contribution is 2.21. The summed E-state index contributed by atoms with van der Waals surface area (Å²) in [5.74, 6) is 0.688. The Balaban J connectivity index is 2.10. The van der Waals surface area contributed by atoms with Gasteiger partial charge in [-0.2, -0.15) is 11.8 Å². The third-order valence-corrected chi connectivity index (χ3v) is 4.96. The maximum atomic E-state index is 12.7. The molecule has 2 amide bonds. The fraction of sp³-hybridized carbons (Fsp3) is 0.263. The fourth-order valence-electron chi connectivity index (χ4n) is 2.32. The van der Waals surface area contributed by atoms with E-state index in [-0.39, 0.29) is 16.5 Å². The van der Waals surface area contributed by atoms with Crippen molar-refractivity contribution in [1.29, 1.82) is 0 Å². The lowest BCUT2D eigenvalue weighted by Gasteiger charge is -2.19. The van der Waals surface area contributed by atoms with Crippen LogP contribution >= 0.6 is 35.0 Å². The quantitative estimate of drug-likeness (QED) is 0.652. The van der Waals surface area contributed by atoms with Crippen molar-refractivity contribution in [3.05, 3.63) is 58.1 Å². The van der Waals surface area contributed by atoms with E-state index in [1.165, 1.54) is 12.1 Å². The van der Waals surface area contributed by atoms with Crippen LogP contribution in [0, 0.1) is 0 Å². The first-order chi connectivity index (χ1) is 12.9. The summed E-state index contributed by atoms with van der Waals surface area (Å²) in [5, 5.41) is 6.24. The predicted molar refractivity (Wildman–Crippen MR) is 112 cm³/mol. The Morgan fingerprint density at radius 1 is 1.15 bits per heavy atom. The SMILES string of the molecule is COc1ccc(NC(=O)C(CCSC)NC(=O)c2ccc(Cl)cc2Cl)cc1. The number of amides is 2. The van der Waals surface area contributed by atoms with Crippen LogP contribution in [0.5, 0.6) is 5.75 Å². The van der Waals surface area contributed by atoms with E-state index in [0.29, 0.717) is 22.9 Å². The van der Waals surface area contributed by atoms with Crippen molar-refractivity contribution >= 4 is 52.5 Å². The first-order valence-corrected chi connectivity index (χ1v) is 10.3. The molecule has 5 nitrogen and oxygen atoms in total. The van der Waals surface area contributed by atoms with Gasteiger partial charge in [-0.3, -0.25) is 9.59 Å². The maximum Gasteiger partial charge on any atom is 0.253 e. The largest absolute Gasteiger partial charge is 0.497 e. The number of carbonyl (C=O) groups excluding carboxylic acids is 2. The molecule has 0 aliphatic heterocycles. The Bertz CT molecular complexity index is 800. The average Bonchev–Trinajstić information content (AvgIpc) is 2.65. The van der Waals surface area contributed by atoms with Crippen LogP contribution in [-0.2, 0) is 4.79 Å². The summed E-state index contributed by atoms with van der Waals surface area (Å²) in [6.07, 6.45) is 2.43. The van der Waals surface area contributed by atoms with E-state index in [1.54, 1.807) is 49.2 Å². The average molecular weight is 427 g/mol. The van der Waals surface area contributed by atoms with E-state index in [0.717, 1.165) is 5.75 Å². The van der Waals surface area contributed by atoms with Gasteiger partial charge in [-0.15, -0.1) is 0 Å². The van der Waals surface area contributed by atoms with Crippen molar-refractivity contribution < 1.29 is 14.3 Å². The number of halogens is 2. The molecule has 0 aliphatic rings. The number of nitrogens with one attached hydrogen (secondary N) is 2. The molecule has 1 unspecified atom stereocenters. The molecular weight excluding hydrogens is 407 g/mol. The molecule has 2 rings (SSSR count). The predicted octanol–water partition coefficient (Wildman–Crippen LogP) is 4.49. The minimum atomic E-state index is -0.696. The lowest BCUT2D eigenvalue weighted by atomic mass is 10.1. The molecule has 0 radical (unpaired) electrons. The molecule has 1 atom stereocenters. The zero-order valence-corrected chi connectivity index (χ0v) is 17.3. The summed E-state index contributed by atoms with van der Waals surface area (Å²) >= 11 is 13.5. The van der Waals surface area contributed by atoms with Crippen molar-refractivity contribution in [3.8, 4) is 5.75 Å². The van der Waals surface area contributed by atoms with Crippen molar-refractivity contribution in [2.75, 3.05) is 24.4 Å². The molecule has 2 aromatic carbocycles. The molecular formula is C19H20Cl2N2O3S. The Hall–Kier alpha value is -1.89. The molecule has 27 heavy (non-hydrogen) atoms. The summed E-state index contributed by atoms with van der Waals surface area (Å²) < 4.78 is 5.10. The molecule has 0 saturated carbocycles. The normalized spacial score (nSPS) is 11.6. The highest BCUT2D eigenvalue weighted by Gasteiger charge is 2.22. The highest BCUT2D eigenvalue weighted by molar-refractivity contribution is 7.98. The Labute approximate surface area is 172 Å². The molecule has 2 N–H and O–H groups in total. The van der Waals surface area contributed by atoms with Crippen LogP contribution in [0.25, 0.3) is 0 Å². The summed E-state index contributed by atoms with van der Waals surface area (Å²) in [7, 11) is 1.57. The molecule has 0 aromatic heterocycles. The Morgan fingerprint density at radius 3 is 2.44 bits per heavy atom. The minimum Gasteiger partial charge on any atom is -0.497 e. The van der Waals surface area contributed by atoms with Crippen LogP contribution in [0.2, 0.25) is 10.0 Å². The van der Waals surface area contributed by atoms with E-state index in [1.807, 2.05) is 6.26 Å². The molecule has 2 aromatic rings. The van der Waals surface area contributed by atoms with E-state index < -0.39 is 11.9 Å². The smallest absolute Gasteiger partial charge is 0.253 e. The number of thioether (sulfide) groups is 1. The molecule has 144 valence electrons. The topological polar surface area (TPSA) is 67.4 Å². The number of benzene rings is 2. The molecule has 0 bridgehead atoms.